The summed E-state index contributed by atoms with van der Waals surface area (Å²) in [5, 5.41) is 10.5. The first kappa shape index (κ1) is 14.8. The highest BCUT2D eigenvalue weighted by atomic mass is 32.2. The van der Waals surface area contributed by atoms with Gasteiger partial charge in [0.25, 0.3) is 0 Å². The topological polar surface area (TPSA) is 84.0 Å². The SMILES string of the molecule is CC(C)NCCCCS(=O)(=O)Nc1cccnn1. The Morgan fingerprint density at radius 2 is 2.11 bits per heavy atom. The molecule has 0 aliphatic rings. The largest absolute Gasteiger partial charge is 0.315 e. The summed E-state index contributed by atoms with van der Waals surface area (Å²) in [7, 11) is -3.32. The molecule has 1 heterocycles. The Morgan fingerprint density at radius 1 is 1.33 bits per heavy atom. The summed E-state index contributed by atoms with van der Waals surface area (Å²) >= 11 is 0. The normalized spacial score (nSPS) is 11.7. The zero-order chi connectivity index (χ0) is 13.4. The lowest BCUT2D eigenvalue weighted by molar-refractivity contribution is 0.561. The molecule has 0 amide bonds. The molecule has 1 aromatic heterocycles. The van der Waals surface area contributed by atoms with E-state index in [4.69, 9.17) is 0 Å². The summed E-state index contributed by atoms with van der Waals surface area (Å²) in [5.41, 5.74) is 0. The van der Waals surface area contributed by atoms with E-state index < -0.39 is 10.0 Å². The van der Waals surface area contributed by atoms with E-state index in [1.165, 1.54) is 6.20 Å². The quantitative estimate of drug-likeness (QED) is 0.690. The van der Waals surface area contributed by atoms with Gasteiger partial charge in [0.1, 0.15) is 0 Å². The van der Waals surface area contributed by atoms with Gasteiger partial charge in [-0.25, -0.2) is 8.42 Å². The summed E-state index contributed by atoms with van der Waals surface area (Å²) in [6.45, 7) is 4.96. The standard InChI is InChI=1S/C11H20N4O2S/c1-10(2)12-7-3-4-9-18(16,17)15-11-6-5-8-13-14-11/h5-6,8,10,12H,3-4,7,9H2,1-2H3,(H,14,15). The Labute approximate surface area is 108 Å². The van der Waals surface area contributed by atoms with E-state index in [1.54, 1.807) is 12.1 Å². The molecule has 0 aromatic carbocycles. The van der Waals surface area contributed by atoms with Crippen LogP contribution >= 0.6 is 0 Å². The van der Waals surface area contributed by atoms with Crippen molar-refractivity contribution in [3.05, 3.63) is 18.3 Å². The number of unbranched alkanes of at least 4 members (excludes halogenated alkanes) is 1. The smallest absolute Gasteiger partial charge is 0.233 e. The molecule has 0 saturated carbocycles. The molecule has 0 aliphatic heterocycles. The van der Waals surface area contributed by atoms with Crippen LogP contribution in [0.5, 0.6) is 0 Å². The maximum absolute atomic E-state index is 11.7. The molecule has 102 valence electrons. The number of nitrogens with one attached hydrogen (secondary N) is 2. The van der Waals surface area contributed by atoms with E-state index in [-0.39, 0.29) is 11.6 Å². The van der Waals surface area contributed by atoms with E-state index >= 15 is 0 Å². The van der Waals surface area contributed by atoms with Crippen molar-refractivity contribution in [1.29, 1.82) is 0 Å². The number of sulfonamides is 1. The molecule has 0 unspecified atom stereocenters. The van der Waals surface area contributed by atoms with E-state index in [2.05, 4.69) is 34.1 Å². The molecule has 0 aliphatic carbocycles. The molecule has 2 N–H and O–H groups in total. The molecule has 1 aromatic rings. The Balaban J connectivity index is 2.28. The van der Waals surface area contributed by atoms with Crippen LogP contribution in [0.2, 0.25) is 0 Å². The van der Waals surface area contributed by atoms with Crippen molar-refractivity contribution in [1.82, 2.24) is 15.5 Å². The second-order valence-electron chi connectivity index (χ2n) is 4.35. The van der Waals surface area contributed by atoms with Crippen LogP contribution in [0.1, 0.15) is 26.7 Å². The predicted octanol–water partition coefficient (Wildman–Crippen LogP) is 0.996. The fourth-order valence-electron chi connectivity index (χ4n) is 1.37. The third-order valence-electron chi connectivity index (χ3n) is 2.22. The highest BCUT2D eigenvalue weighted by Gasteiger charge is 2.10. The third-order valence-corrected chi connectivity index (χ3v) is 3.57. The Morgan fingerprint density at radius 3 is 2.72 bits per heavy atom. The van der Waals surface area contributed by atoms with Gasteiger partial charge >= 0.3 is 0 Å². The summed E-state index contributed by atoms with van der Waals surface area (Å²) in [6.07, 6.45) is 2.95. The number of hydrogen-bond acceptors (Lipinski definition) is 5. The van der Waals surface area contributed by atoms with Gasteiger partial charge in [-0.2, -0.15) is 5.10 Å². The minimum absolute atomic E-state index is 0.101. The minimum Gasteiger partial charge on any atom is -0.315 e. The summed E-state index contributed by atoms with van der Waals surface area (Å²) in [6, 6.07) is 3.64. The number of anilines is 1. The summed E-state index contributed by atoms with van der Waals surface area (Å²) < 4.78 is 25.8. The average molecular weight is 272 g/mol. The van der Waals surface area contributed by atoms with Crippen LogP contribution in [0.15, 0.2) is 18.3 Å². The monoisotopic (exact) mass is 272 g/mol. The average Bonchev–Trinajstić information content (AvgIpc) is 2.28. The lowest BCUT2D eigenvalue weighted by Gasteiger charge is -2.08. The molecular formula is C11H20N4O2S. The van der Waals surface area contributed by atoms with Crippen LogP contribution in [0.4, 0.5) is 5.82 Å². The van der Waals surface area contributed by atoms with Crippen molar-refractivity contribution in [3.8, 4) is 0 Å². The molecular weight excluding hydrogens is 252 g/mol. The highest BCUT2D eigenvalue weighted by Crippen LogP contribution is 2.04. The number of hydrogen-bond donors (Lipinski definition) is 2. The number of aromatic nitrogens is 2. The van der Waals surface area contributed by atoms with Gasteiger partial charge in [0, 0.05) is 12.2 Å². The Kier molecular flexibility index (Phi) is 6.00. The van der Waals surface area contributed by atoms with Crippen LogP contribution in [-0.4, -0.2) is 37.0 Å². The molecule has 0 atom stereocenters. The Hall–Kier alpha value is -1.21. The third kappa shape index (κ3) is 6.51. The molecule has 0 bridgehead atoms. The number of nitrogens with zero attached hydrogens (tertiary/aromatic N) is 2. The van der Waals surface area contributed by atoms with Gasteiger partial charge in [-0.1, -0.05) is 13.8 Å². The zero-order valence-electron chi connectivity index (χ0n) is 10.8. The van der Waals surface area contributed by atoms with Crippen LogP contribution in [0.3, 0.4) is 0 Å². The van der Waals surface area contributed by atoms with Crippen molar-refractivity contribution >= 4 is 15.8 Å². The molecule has 0 spiro atoms. The lowest BCUT2D eigenvalue weighted by Crippen LogP contribution is -2.24. The van der Waals surface area contributed by atoms with Crippen molar-refractivity contribution < 1.29 is 8.42 Å². The fraction of sp³-hybridized carbons (Fsp3) is 0.636. The number of rotatable bonds is 8. The maximum Gasteiger partial charge on any atom is 0.233 e. The van der Waals surface area contributed by atoms with Gasteiger partial charge in [0.15, 0.2) is 5.82 Å². The van der Waals surface area contributed by atoms with Crippen molar-refractivity contribution in [2.24, 2.45) is 0 Å². The second-order valence-corrected chi connectivity index (χ2v) is 6.19. The van der Waals surface area contributed by atoms with Gasteiger partial charge in [-0.05, 0) is 31.5 Å². The summed E-state index contributed by atoms with van der Waals surface area (Å²) in [5.74, 6) is 0.362. The van der Waals surface area contributed by atoms with Crippen LogP contribution < -0.4 is 10.0 Å². The Bertz CT molecular complexity index is 434. The maximum atomic E-state index is 11.7. The first-order chi connectivity index (χ1) is 8.49. The van der Waals surface area contributed by atoms with E-state index in [1.807, 2.05) is 0 Å². The fourth-order valence-corrected chi connectivity index (χ4v) is 2.49. The molecule has 7 heteroatoms. The second kappa shape index (κ2) is 7.27. The van der Waals surface area contributed by atoms with Gasteiger partial charge in [0.05, 0.1) is 5.75 Å². The molecule has 6 nitrogen and oxygen atoms in total. The zero-order valence-corrected chi connectivity index (χ0v) is 11.6. The van der Waals surface area contributed by atoms with Crippen LogP contribution in [0.25, 0.3) is 0 Å². The molecule has 18 heavy (non-hydrogen) atoms. The van der Waals surface area contributed by atoms with Gasteiger partial charge < -0.3 is 5.32 Å². The first-order valence-corrected chi connectivity index (χ1v) is 7.66. The molecule has 1 rings (SSSR count). The van der Waals surface area contributed by atoms with Gasteiger partial charge in [0.2, 0.25) is 10.0 Å². The van der Waals surface area contributed by atoms with Crippen molar-refractivity contribution in [3.63, 3.8) is 0 Å². The summed E-state index contributed by atoms with van der Waals surface area (Å²) in [4.78, 5) is 0. The van der Waals surface area contributed by atoms with E-state index in [9.17, 15) is 8.42 Å². The predicted molar refractivity (Wildman–Crippen MR) is 71.8 cm³/mol. The van der Waals surface area contributed by atoms with Crippen molar-refractivity contribution in [2.45, 2.75) is 32.7 Å². The minimum atomic E-state index is -3.32. The van der Waals surface area contributed by atoms with Crippen LogP contribution in [-0.2, 0) is 10.0 Å². The lowest BCUT2D eigenvalue weighted by atomic mass is 10.3. The molecule has 0 fully saturated rings. The highest BCUT2D eigenvalue weighted by molar-refractivity contribution is 7.92. The molecule has 0 radical (unpaired) electrons. The van der Waals surface area contributed by atoms with Crippen LogP contribution in [0, 0.1) is 0 Å². The first-order valence-electron chi connectivity index (χ1n) is 6.01. The van der Waals surface area contributed by atoms with E-state index in [0.717, 1.165) is 13.0 Å². The van der Waals surface area contributed by atoms with Gasteiger partial charge in [-0.3, -0.25) is 4.72 Å². The molecule has 0 saturated heterocycles. The van der Waals surface area contributed by atoms with Gasteiger partial charge in [-0.15, -0.1) is 5.10 Å². The van der Waals surface area contributed by atoms with E-state index in [0.29, 0.717) is 12.5 Å². The van der Waals surface area contributed by atoms with Crippen molar-refractivity contribution in [2.75, 3.05) is 17.0 Å².